The molecule has 1 atom stereocenters. The topological polar surface area (TPSA) is 87.0 Å². The summed E-state index contributed by atoms with van der Waals surface area (Å²) in [7, 11) is -3.45. The number of aryl methyl sites for hydroxylation is 1. The van der Waals surface area contributed by atoms with Gasteiger partial charge in [-0.05, 0) is 47.9 Å². The van der Waals surface area contributed by atoms with E-state index in [2.05, 4.69) is 15.5 Å². The van der Waals surface area contributed by atoms with Crippen molar-refractivity contribution in [3.8, 4) is 5.69 Å². The van der Waals surface area contributed by atoms with E-state index in [0.717, 1.165) is 23.1 Å². The molecule has 0 N–H and O–H groups in total. The number of hydrogen-bond acceptors (Lipinski definition) is 6. The Balaban J connectivity index is 1.84. The third kappa shape index (κ3) is 3.73. The Morgan fingerprint density at radius 1 is 1.43 bits per heavy atom. The summed E-state index contributed by atoms with van der Waals surface area (Å²) in [5, 5.41) is 10.9. The molecule has 1 unspecified atom stereocenters. The van der Waals surface area contributed by atoms with E-state index < -0.39 is 15.7 Å². The van der Waals surface area contributed by atoms with Crippen molar-refractivity contribution >= 4 is 9.84 Å². The van der Waals surface area contributed by atoms with Gasteiger partial charge in [-0.25, -0.2) is 12.8 Å². The number of nitrogens with zero attached hydrogens (tertiary/aromatic N) is 4. The van der Waals surface area contributed by atoms with Gasteiger partial charge in [0.1, 0.15) is 17.3 Å². The highest BCUT2D eigenvalue weighted by Crippen LogP contribution is 2.19. The van der Waals surface area contributed by atoms with Gasteiger partial charge >= 0.3 is 0 Å². The van der Waals surface area contributed by atoms with Crippen LogP contribution in [0, 0.1) is 12.7 Å². The third-order valence-corrected chi connectivity index (χ3v) is 5.25. The summed E-state index contributed by atoms with van der Waals surface area (Å²) in [5.41, 5.74) is 0.961. The maximum Gasteiger partial charge on any atom is 0.171 e. The van der Waals surface area contributed by atoms with Gasteiger partial charge in [0.25, 0.3) is 0 Å². The first-order chi connectivity index (χ1) is 10.9. The highest BCUT2D eigenvalue weighted by Gasteiger charge is 2.26. The van der Waals surface area contributed by atoms with Crippen molar-refractivity contribution in [3.05, 3.63) is 35.4 Å². The highest BCUT2D eigenvalue weighted by atomic mass is 32.2. The number of ether oxygens (including phenoxy) is 1. The number of halogens is 1. The molecule has 0 saturated carbocycles. The van der Waals surface area contributed by atoms with Crippen molar-refractivity contribution in [2.45, 2.75) is 31.6 Å². The lowest BCUT2D eigenvalue weighted by molar-refractivity contribution is 0.127. The molecule has 7 nitrogen and oxygen atoms in total. The van der Waals surface area contributed by atoms with E-state index in [1.165, 1.54) is 6.07 Å². The Morgan fingerprint density at radius 2 is 2.26 bits per heavy atom. The molecule has 0 radical (unpaired) electrons. The fourth-order valence-electron chi connectivity index (χ4n) is 2.58. The van der Waals surface area contributed by atoms with Crippen LogP contribution in [0.15, 0.2) is 18.2 Å². The van der Waals surface area contributed by atoms with E-state index in [4.69, 9.17) is 4.74 Å². The lowest BCUT2D eigenvalue weighted by atomic mass is 10.2. The summed E-state index contributed by atoms with van der Waals surface area (Å²) in [6.45, 7) is 2.40. The first-order valence-corrected chi connectivity index (χ1v) is 9.12. The minimum Gasteiger partial charge on any atom is -0.377 e. The Hall–Kier alpha value is -1.87. The molecule has 23 heavy (non-hydrogen) atoms. The fraction of sp³-hybridized carbons (Fsp3) is 0.500. The molecule has 2 heterocycles. The molecule has 124 valence electrons. The summed E-state index contributed by atoms with van der Waals surface area (Å²) in [6, 6.07) is 4.50. The maximum absolute atomic E-state index is 14.0. The second kappa shape index (κ2) is 6.32. The molecule has 1 aliphatic rings. The van der Waals surface area contributed by atoms with Gasteiger partial charge in [0.05, 0.1) is 11.9 Å². The number of hydrogen-bond donors (Lipinski definition) is 0. The molecule has 0 amide bonds. The molecule has 1 saturated heterocycles. The minimum absolute atomic E-state index is 0.0733. The average molecular weight is 340 g/mol. The third-order valence-electron chi connectivity index (χ3n) is 3.68. The molecule has 3 rings (SSSR count). The standard InChI is InChI=1S/C14H17FN4O3S/c1-10-4-5-12(15)13(7-10)19-14(16-17-18-19)9-23(20,21)8-11-3-2-6-22-11/h4-5,7,11H,2-3,6,8-9H2,1H3. The van der Waals surface area contributed by atoms with E-state index in [0.29, 0.717) is 6.61 Å². The van der Waals surface area contributed by atoms with Crippen LogP contribution in [0.25, 0.3) is 5.69 Å². The van der Waals surface area contributed by atoms with Gasteiger partial charge in [-0.15, -0.1) is 5.10 Å². The molecule has 1 fully saturated rings. The maximum atomic E-state index is 14.0. The molecule has 0 spiro atoms. The van der Waals surface area contributed by atoms with Crippen molar-refractivity contribution < 1.29 is 17.5 Å². The molecule has 2 aromatic rings. The summed E-state index contributed by atoms with van der Waals surface area (Å²) in [5.74, 6) is -0.850. The Labute approximate surface area is 133 Å². The van der Waals surface area contributed by atoms with Gasteiger partial charge < -0.3 is 4.74 Å². The predicted molar refractivity (Wildman–Crippen MR) is 80.3 cm³/mol. The first-order valence-electron chi connectivity index (χ1n) is 7.30. The Bertz CT molecular complexity index is 800. The van der Waals surface area contributed by atoms with Crippen LogP contribution in [0.1, 0.15) is 24.2 Å². The molecule has 9 heteroatoms. The summed E-state index contributed by atoms with van der Waals surface area (Å²) < 4.78 is 45.1. The van der Waals surface area contributed by atoms with E-state index in [-0.39, 0.29) is 29.1 Å². The van der Waals surface area contributed by atoms with Crippen LogP contribution in [0.3, 0.4) is 0 Å². The molecular formula is C14H17FN4O3S. The lowest BCUT2D eigenvalue weighted by Gasteiger charge is -2.10. The number of rotatable bonds is 5. The second-order valence-corrected chi connectivity index (χ2v) is 7.76. The van der Waals surface area contributed by atoms with Gasteiger partial charge in [-0.2, -0.15) is 4.68 Å². The Kier molecular flexibility index (Phi) is 4.40. The summed E-state index contributed by atoms with van der Waals surface area (Å²) in [6.07, 6.45) is 1.32. The minimum atomic E-state index is -3.45. The normalized spacial score (nSPS) is 18.4. The average Bonchev–Trinajstić information content (AvgIpc) is 3.12. The second-order valence-electron chi connectivity index (χ2n) is 5.65. The quantitative estimate of drug-likeness (QED) is 0.813. The van der Waals surface area contributed by atoms with E-state index in [9.17, 15) is 12.8 Å². The smallest absolute Gasteiger partial charge is 0.171 e. The SMILES string of the molecule is Cc1ccc(F)c(-n2nnnc2CS(=O)(=O)CC2CCCO2)c1. The zero-order valence-electron chi connectivity index (χ0n) is 12.6. The number of aromatic nitrogens is 4. The van der Waals surface area contributed by atoms with Crippen LogP contribution in [-0.4, -0.2) is 47.1 Å². The number of benzene rings is 1. The summed E-state index contributed by atoms with van der Waals surface area (Å²) >= 11 is 0. The molecule has 0 aliphatic carbocycles. The van der Waals surface area contributed by atoms with Crippen LogP contribution in [0.5, 0.6) is 0 Å². The van der Waals surface area contributed by atoms with Crippen molar-refractivity contribution in [2.24, 2.45) is 0 Å². The van der Waals surface area contributed by atoms with Crippen LogP contribution in [-0.2, 0) is 20.3 Å². The fourth-order valence-corrected chi connectivity index (χ4v) is 4.10. The van der Waals surface area contributed by atoms with E-state index >= 15 is 0 Å². The number of sulfone groups is 1. The summed E-state index contributed by atoms with van der Waals surface area (Å²) in [4.78, 5) is 0. The molecule has 0 bridgehead atoms. The molecule has 1 aliphatic heterocycles. The first kappa shape index (κ1) is 16.0. The Morgan fingerprint density at radius 3 is 3.00 bits per heavy atom. The van der Waals surface area contributed by atoms with Gasteiger partial charge in [0.2, 0.25) is 0 Å². The van der Waals surface area contributed by atoms with Crippen LogP contribution in [0.2, 0.25) is 0 Å². The van der Waals surface area contributed by atoms with Gasteiger partial charge in [-0.3, -0.25) is 0 Å². The van der Waals surface area contributed by atoms with Crippen LogP contribution < -0.4 is 0 Å². The van der Waals surface area contributed by atoms with Crippen molar-refractivity contribution in [1.82, 2.24) is 20.2 Å². The van der Waals surface area contributed by atoms with Crippen molar-refractivity contribution in [2.75, 3.05) is 12.4 Å². The van der Waals surface area contributed by atoms with Gasteiger partial charge in [0.15, 0.2) is 15.7 Å². The van der Waals surface area contributed by atoms with Crippen LogP contribution in [0.4, 0.5) is 4.39 Å². The molecular weight excluding hydrogens is 323 g/mol. The van der Waals surface area contributed by atoms with Gasteiger partial charge in [-0.1, -0.05) is 6.07 Å². The highest BCUT2D eigenvalue weighted by molar-refractivity contribution is 7.90. The number of tetrazole rings is 1. The lowest BCUT2D eigenvalue weighted by Crippen LogP contribution is -2.23. The van der Waals surface area contributed by atoms with Crippen molar-refractivity contribution in [3.63, 3.8) is 0 Å². The van der Waals surface area contributed by atoms with Crippen LogP contribution >= 0.6 is 0 Å². The molecule has 1 aromatic heterocycles. The van der Waals surface area contributed by atoms with E-state index in [1.807, 2.05) is 0 Å². The van der Waals surface area contributed by atoms with E-state index in [1.54, 1.807) is 19.1 Å². The van der Waals surface area contributed by atoms with Gasteiger partial charge in [0, 0.05) is 6.61 Å². The predicted octanol–water partition coefficient (Wildman–Crippen LogP) is 1.20. The zero-order chi connectivity index (χ0) is 16.4. The largest absolute Gasteiger partial charge is 0.377 e. The monoisotopic (exact) mass is 340 g/mol. The van der Waals surface area contributed by atoms with Crippen molar-refractivity contribution in [1.29, 1.82) is 0 Å². The molecule has 1 aromatic carbocycles. The zero-order valence-corrected chi connectivity index (χ0v) is 13.5.